The van der Waals surface area contributed by atoms with Crippen LogP contribution in [0.3, 0.4) is 0 Å². The Kier molecular flexibility index (Phi) is 6.34. The fourth-order valence-electron chi connectivity index (χ4n) is 3.25. The van der Waals surface area contributed by atoms with Gasteiger partial charge < -0.3 is 14.6 Å². The van der Waals surface area contributed by atoms with E-state index < -0.39 is 0 Å². The summed E-state index contributed by atoms with van der Waals surface area (Å²) >= 11 is 6.12. The summed E-state index contributed by atoms with van der Waals surface area (Å²) in [7, 11) is 0. The second-order valence-electron chi connectivity index (χ2n) is 6.61. The summed E-state index contributed by atoms with van der Waals surface area (Å²) in [6, 6.07) is 10.8. The Hall–Kier alpha value is -2.27. The maximum absolute atomic E-state index is 12.6. The summed E-state index contributed by atoms with van der Waals surface area (Å²) in [5.41, 5.74) is 0.560. The van der Waals surface area contributed by atoms with Crippen LogP contribution in [0.4, 0.5) is 0 Å². The summed E-state index contributed by atoms with van der Waals surface area (Å²) in [5.74, 6) is 1.26. The van der Waals surface area contributed by atoms with E-state index in [1.54, 1.807) is 24.5 Å². The van der Waals surface area contributed by atoms with Crippen molar-refractivity contribution in [2.75, 3.05) is 13.1 Å². The molecule has 138 valence electrons. The highest BCUT2D eigenvalue weighted by Crippen LogP contribution is 2.25. The number of likely N-dealkylation sites (tertiary alicyclic amines) is 1. The molecule has 3 rings (SSSR count). The standard InChI is InChI=1S/C20H23ClN2O3/c21-18-6-2-1-5-17(18)20(25)23-11-9-15(10-12-23)7-8-19(24)22-14-16-4-3-13-26-16/h1-6,13,15H,7-12,14H2,(H,22,24). The highest BCUT2D eigenvalue weighted by Gasteiger charge is 2.25. The zero-order valence-electron chi connectivity index (χ0n) is 14.6. The van der Waals surface area contributed by atoms with Gasteiger partial charge in [0.05, 0.1) is 23.4 Å². The first-order valence-electron chi connectivity index (χ1n) is 8.96. The maximum atomic E-state index is 12.6. The van der Waals surface area contributed by atoms with E-state index in [0.29, 0.717) is 42.6 Å². The number of carbonyl (C=O) groups is 2. The molecule has 0 unspecified atom stereocenters. The number of furan rings is 1. The number of benzene rings is 1. The Bertz CT molecular complexity index is 737. The van der Waals surface area contributed by atoms with Crippen LogP contribution in [0.15, 0.2) is 47.1 Å². The van der Waals surface area contributed by atoms with Gasteiger partial charge in [0.15, 0.2) is 0 Å². The number of hydrogen-bond donors (Lipinski definition) is 1. The van der Waals surface area contributed by atoms with Crippen molar-refractivity contribution >= 4 is 23.4 Å². The van der Waals surface area contributed by atoms with Gasteiger partial charge in [-0.3, -0.25) is 9.59 Å². The lowest BCUT2D eigenvalue weighted by Gasteiger charge is -2.32. The number of carbonyl (C=O) groups excluding carboxylic acids is 2. The molecule has 1 N–H and O–H groups in total. The van der Waals surface area contributed by atoms with Gasteiger partial charge in [0.2, 0.25) is 5.91 Å². The number of rotatable bonds is 6. The van der Waals surface area contributed by atoms with Crippen LogP contribution < -0.4 is 5.32 Å². The molecule has 1 saturated heterocycles. The van der Waals surface area contributed by atoms with Crippen LogP contribution in [-0.2, 0) is 11.3 Å². The first-order chi connectivity index (χ1) is 12.6. The highest BCUT2D eigenvalue weighted by atomic mass is 35.5. The number of amides is 2. The summed E-state index contributed by atoms with van der Waals surface area (Å²) in [6.07, 6.45) is 4.78. The van der Waals surface area contributed by atoms with Crippen molar-refractivity contribution in [3.63, 3.8) is 0 Å². The van der Waals surface area contributed by atoms with Crippen molar-refractivity contribution in [2.45, 2.75) is 32.2 Å². The predicted molar refractivity (Wildman–Crippen MR) is 99.9 cm³/mol. The number of piperidine rings is 1. The van der Waals surface area contributed by atoms with E-state index in [-0.39, 0.29) is 11.8 Å². The molecule has 1 aliphatic heterocycles. The fraction of sp³-hybridized carbons (Fsp3) is 0.400. The zero-order chi connectivity index (χ0) is 18.4. The highest BCUT2D eigenvalue weighted by molar-refractivity contribution is 6.33. The monoisotopic (exact) mass is 374 g/mol. The Balaban J connectivity index is 1.39. The molecular weight excluding hydrogens is 352 g/mol. The molecule has 0 spiro atoms. The average molecular weight is 375 g/mol. The maximum Gasteiger partial charge on any atom is 0.255 e. The smallest absolute Gasteiger partial charge is 0.255 e. The molecule has 1 aromatic heterocycles. The van der Waals surface area contributed by atoms with Crippen molar-refractivity contribution in [1.82, 2.24) is 10.2 Å². The minimum atomic E-state index is -0.00904. The lowest BCUT2D eigenvalue weighted by molar-refractivity contribution is -0.121. The van der Waals surface area contributed by atoms with Crippen molar-refractivity contribution < 1.29 is 14.0 Å². The SMILES string of the molecule is O=C(CCC1CCN(C(=O)c2ccccc2Cl)CC1)NCc1ccco1. The van der Waals surface area contributed by atoms with E-state index in [9.17, 15) is 9.59 Å². The third-order valence-electron chi connectivity index (χ3n) is 4.83. The summed E-state index contributed by atoms with van der Waals surface area (Å²) in [4.78, 5) is 26.4. The van der Waals surface area contributed by atoms with Gasteiger partial charge in [0.1, 0.15) is 5.76 Å². The van der Waals surface area contributed by atoms with Crippen molar-refractivity contribution in [2.24, 2.45) is 5.92 Å². The second kappa shape index (κ2) is 8.90. The molecule has 0 radical (unpaired) electrons. The van der Waals surface area contributed by atoms with Crippen molar-refractivity contribution in [1.29, 1.82) is 0 Å². The Morgan fingerprint density at radius 2 is 1.92 bits per heavy atom. The molecule has 2 aromatic rings. The topological polar surface area (TPSA) is 62.6 Å². The van der Waals surface area contributed by atoms with E-state index in [2.05, 4.69) is 5.32 Å². The Morgan fingerprint density at radius 1 is 1.15 bits per heavy atom. The lowest BCUT2D eigenvalue weighted by Crippen LogP contribution is -2.38. The van der Waals surface area contributed by atoms with E-state index in [4.69, 9.17) is 16.0 Å². The summed E-state index contributed by atoms with van der Waals surface area (Å²) in [6.45, 7) is 1.85. The fourth-order valence-corrected chi connectivity index (χ4v) is 3.47. The third kappa shape index (κ3) is 4.88. The van der Waals surface area contributed by atoms with Crippen LogP contribution in [0.1, 0.15) is 41.8 Å². The van der Waals surface area contributed by atoms with Crippen LogP contribution in [0, 0.1) is 5.92 Å². The number of halogens is 1. The molecule has 2 amide bonds. The van der Waals surface area contributed by atoms with Crippen molar-refractivity contribution in [3.8, 4) is 0 Å². The lowest BCUT2D eigenvalue weighted by atomic mass is 9.91. The second-order valence-corrected chi connectivity index (χ2v) is 7.02. The van der Waals surface area contributed by atoms with Crippen LogP contribution >= 0.6 is 11.6 Å². The van der Waals surface area contributed by atoms with Gasteiger partial charge in [0.25, 0.3) is 5.91 Å². The molecule has 0 bridgehead atoms. The average Bonchev–Trinajstić information content (AvgIpc) is 3.18. The van der Waals surface area contributed by atoms with E-state index in [1.807, 2.05) is 23.1 Å². The number of nitrogens with zero attached hydrogens (tertiary/aromatic N) is 1. The van der Waals surface area contributed by atoms with Gasteiger partial charge in [-0.25, -0.2) is 0 Å². The van der Waals surface area contributed by atoms with Gasteiger partial charge in [-0.15, -0.1) is 0 Å². The summed E-state index contributed by atoms with van der Waals surface area (Å²) < 4.78 is 5.20. The van der Waals surface area contributed by atoms with Gasteiger partial charge >= 0.3 is 0 Å². The molecule has 0 aliphatic carbocycles. The molecule has 1 aromatic carbocycles. The molecule has 5 nitrogen and oxygen atoms in total. The molecule has 1 fully saturated rings. The summed E-state index contributed by atoms with van der Waals surface area (Å²) in [5, 5.41) is 3.36. The van der Waals surface area contributed by atoms with Crippen LogP contribution in [0.5, 0.6) is 0 Å². The molecule has 1 aliphatic rings. The van der Waals surface area contributed by atoms with Crippen LogP contribution in [0.25, 0.3) is 0 Å². The first-order valence-corrected chi connectivity index (χ1v) is 9.34. The normalized spacial score (nSPS) is 15.0. The molecule has 2 heterocycles. The predicted octanol–water partition coefficient (Wildman–Crippen LogP) is 3.88. The number of hydrogen-bond acceptors (Lipinski definition) is 3. The van der Waals surface area contributed by atoms with Gasteiger partial charge in [0, 0.05) is 19.5 Å². The first kappa shape index (κ1) is 18.5. The van der Waals surface area contributed by atoms with Crippen molar-refractivity contribution in [3.05, 3.63) is 59.0 Å². The van der Waals surface area contributed by atoms with E-state index in [1.165, 1.54) is 0 Å². The van der Waals surface area contributed by atoms with Gasteiger partial charge in [-0.05, 0) is 49.4 Å². The zero-order valence-corrected chi connectivity index (χ0v) is 15.4. The quantitative estimate of drug-likeness (QED) is 0.834. The van der Waals surface area contributed by atoms with Crippen LogP contribution in [-0.4, -0.2) is 29.8 Å². The molecule has 0 saturated carbocycles. The molecular formula is C20H23ClN2O3. The third-order valence-corrected chi connectivity index (χ3v) is 5.16. The Morgan fingerprint density at radius 3 is 2.62 bits per heavy atom. The molecule has 26 heavy (non-hydrogen) atoms. The minimum absolute atomic E-state index is 0.00904. The largest absolute Gasteiger partial charge is 0.467 e. The molecule has 0 atom stereocenters. The molecule has 6 heteroatoms. The number of nitrogens with one attached hydrogen (secondary N) is 1. The van der Waals surface area contributed by atoms with E-state index in [0.717, 1.165) is 25.0 Å². The van der Waals surface area contributed by atoms with Gasteiger partial charge in [-0.2, -0.15) is 0 Å². The van der Waals surface area contributed by atoms with Gasteiger partial charge in [-0.1, -0.05) is 23.7 Å². The minimum Gasteiger partial charge on any atom is -0.467 e. The van der Waals surface area contributed by atoms with E-state index >= 15 is 0 Å². The van der Waals surface area contributed by atoms with Crippen LogP contribution in [0.2, 0.25) is 5.02 Å². The Labute approximate surface area is 158 Å².